The smallest absolute Gasteiger partial charge is 0.327 e. The van der Waals surface area contributed by atoms with Crippen LogP contribution in [0, 0.1) is 11.3 Å². The molecule has 6 heteroatoms. The topological polar surface area (TPSA) is 83.7 Å². The van der Waals surface area contributed by atoms with Crippen molar-refractivity contribution < 1.29 is 4.74 Å². The lowest BCUT2D eigenvalue weighted by Gasteiger charge is -2.10. The van der Waals surface area contributed by atoms with Gasteiger partial charge in [-0.05, 0) is 30.7 Å². The van der Waals surface area contributed by atoms with Gasteiger partial charge in [-0.1, -0.05) is 36.4 Å². The standard InChI is InChI=1S/C22H18N4O2/c1-2-28-20-10-6-5-9-18(20)17-11-19-21(24-13-17)25-22(27)26(19)14-16-8-4-3-7-15(16)12-23/h3-11,13H,2,14H2,1H3,(H,24,25,27). The van der Waals surface area contributed by atoms with Gasteiger partial charge >= 0.3 is 5.69 Å². The predicted molar refractivity (Wildman–Crippen MR) is 107 cm³/mol. The number of benzene rings is 2. The fourth-order valence-corrected chi connectivity index (χ4v) is 3.26. The number of para-hydroxylation sites is 1. The maximum absolute atomic E-state index is 12.5. The number of rotatable bonds is 5. The van der Waals surface area contributed by atoms with E-state index < -0.39 is 0 Å². The number of aromatic amines is 1. The summed E-state index contributed by atoms with van der Waals surface area (Å²) in [4.78, 5) is 19.7. The monoisotopic (exact) mass is 370 g/mol. The average Bonchev–Trinajstić information content (AvgIpc) is 3.03. The maximum atomic E-state index is 12.5. The summed E-state index contributed by atoms with van der Waals surface area (Å²) in [6, 6.07) is 19.1. The predicted octanol–water partition coefficient (Wildman–Crippen LogP) is 3.71. The van der Waals surface area contributed by atoms with Crippen LogP contribution in [0.5, 0.6) is 5.75 Å². The molecule has 28 heavy (non-hydrogen) atoms. The van der Waals surface area contributed by atoms with Crippen molar-refractivity contribution in [2.45, 2.75) is 13.5 Å². The maximum Gasteiger partial charge on any atom is 0.327 e. The van der Waals surface area contributed by atoms with Crippen molar-refractivity contribution in [1.82, 2.24) is 14.5 Å². The summed E-state index contributed by atoms with van der Waals surface area (Å²) in [5.74, 6) is 0.769. The minimum Gasteiger partial charge on any atom is -0.493 e. The summed E-state index contributed by atoms with van der Waals surface area (Å²) in [6.45, 7) is 2.79. The van der Waals surface area contributed by atoms with E-state index in [1.165, 1.54) is 0 Å². The number of hydrogen-bond acceptors (Lipinski definition) is 4. The van der Waals surface area contributed by atoms with E-state index in [0.29, 0.717) is 29.9 Å². The molecule has 0 radical (unpaired) electrons. The minimum absolute atomic E-state index is 0.259. The Kier molecular flexibility index (Phi) is 4.65. The number of ether oxygens (including phenoxy) is 1. The van der Waals surface area contributed by atoms with Gasteiger partial charge in [-0.15, -0.1) is 0 Å². The van der Waals surface area contributed by atoms with Gasteiger partial charge in [0.15, 0.2) is 5.65 Å². The van der Waals surface area contributed by atoms with Crippen molar-refractivity contribution in [3.05, 3.63) is 82.4 Å². The first-order chi connectivity index (χ1) is 13.7. The van der Waals surface area contributed by atoms with Crippen LogP contribution in [0.25, 0.3) is 22.3 Å². The molecule has 0 fully saturated rings. The Labute approximate surface area is 161 Å². The highest BCUT2D eigenvalue weighted by Crippen LogP contribution is 2.30. The third-order valence-electron chi connectivity index (χ3n) is 4.59. The van der Waals surface area contributed by atoms with Gasteiger partial charge in [-0.3, -0.25) is 9.55 Å². The molecule has 2 heterocycles. The van der Waals surface area contributed by atoms with Crippen LogP contribution >= 0.6 is 0 Å². The van der Waals surface area contributed by atoms with Crippen molar-refractivity contribution in [3.63, 3.8) is 0 Å². The first-order valence-electron chi connectivity index (χ1n) is 9.00. The second kappa shape index (κ2) is 7.41. The molecule has 6 nitrogen and oxygen atoms in total. The molecule has 1 N–H and O–H groups in total. The van der Waals surface area contributed by atoms with Crippen LogP contribution in [0.15, 0.2) is 65.6 Å². The first kappa shape index (κ1) is 17.6. The normalized spacial score (nSPS) is 10.7. The minimum atomic E-state index is -0.259. The zero-order chi connectivity index (χ0) is 19.5. The Bertz CT molecular complexity index is 1250. The molecule has 0 saturated heterocycles. The molecular formula is C22H18N4O2. The number of pyridine rings is 1. The third kappa shape index (κ3) is 3.14. The van der Waals surface area contributed by atoms with Gasteiger partial charge in [0.25, 0.3) is 0 Å². The van der Waals surface area contributed by atoms with Crippen LogP contribution < -0.4 is 10.4 Å². The molecule has 0 saturated carbocycles. The van der Waals surface area contributed by atoms with E-state index in [0.717, 1.165) is 22.4 Å². The number of nitriles is 1. The second-order valence-electron chi connectivity index (χ2n) is 6.31. The molecule has 4 aromatic rings. The summed E-state index contributed by atoms with van der Waals surface area (Å²) in [5, 5.41) is 9.33. The number of aromatic nitrogens is 3. The van der Waals surface area contributed by atoms with Gasteiger partial charge in [-0.25, -0.2) is 9.78 Å². The van der Waals surface area contributed by atoms with Crippen molar-refractivity contribution in [2.75, 3.05) is 6.61 Å². The second-order valence-corrected chi connectivity index (χ2v) is 6.31. The largest absolute Gasteiger partial charge is 0.493 e. The van der Waals surface area contributed by atoms with E-state index in [9.17, 15) is 10.1 Å². The summed E-state index contributed by atoms with van der Waals surface area (Å²) < 4.78 is 7.33. The van der Waals surface area contributed by atoms with E-state index in [1.54, 1.807) is 16.8 Å². The zero-order valence-electron chi connectivity index (χ0n) is 15.3. The van der Waals surface area contributed by atoms with Crippen molar-refractivity contribution >= 4 is 11.2 Å². The van der Waals surface area contributed by atoms with Crippen LogP contribution in [0.1, 0.15) is 18.1 Å². The van der Waals surface area contributed by atoms with Crippen molar-refractivity contribution in [3.8, 4) is 22.9 Å². The lowest BCUT2D eigenvalue weighted by atomic mass is 10.1. The van der Waals surface area contributed by atoms with Gasteiger partial charge in [0.05, 0.1) is 30.3 Å². The summed E-state index contributed by atoms with van der Waals surface area (Å²) in [7, 11) is 0. The average molecular weight is 370 g/mol. The van der Waals surface area contributed by atoms with Gasteiger partial charge in [-0.2, -0.15) is 5.26 Å². The number of imidazole rings is 1. The number of nitrogens with one attached hydrogen (secondary N) is 1. The number of H-pyrrole nitrogens is 1. The highest BCUT2D eigenvalue weighted by atomic mass is 16.5. The van der Waals surface area contributed by atoms with E-state index in [4.69, 9.17) is 4.74 Å². The molecule has 0 aliphatic carbocycles. The Morgan fingerprint density at radius 1 is 1.18 bits per heavy atom. The first-order valence-corrected chi connectivity index (χ1v) is 9.00. The molecular weight excluding hydrogens is 352 g/mol. The number of hydrogen-bond donors (Lipinski definition) is 1. The molecule has 4 rings (SSSR count). The molecule has 0 bridgehead atoms. The molecule has 0 atom stereocenters. The van der Waals surface area contributed by atoms with E-state index in [1.807, 2.05) is 55.5 Å². The van der Waals surface area contributed by atoms with Crippen LogP contribution in [0.4, 0.5) is 0 Å². The fraction of sp³-hybridized carbons (Fsp3) is 0.136. The molecule has 138 valence electrons. The fourth-order valence-electron chi connectivity index (χ4n) is 3.26. The molecule has 0 spiro atoms. The van der Waals surface area contributed by atoms with E-state index in [-0.39, 0.29) is 5.69 Å². The van der Waals surface area contributed by atoms with Crippen LogP contribution in [-0.2, 0) is 6.54 Å². The Morgan fingerprint density at radius 3 is 2.79 bits per heavy atom. The van der Waals surface area contributed by atoms with E-state index in [2.05, 4.69) is 16.0 Å². The third-order valence-corrected chi connectivity index (χ3v) is 4.59. The Balaban J connectivity index is 1.84. The van der Waals surface area contributed by atoms with Crippen LogP contribution in [0.2, 0.25) is 0 Å². The highest BCUT2D eigenvalue weighted by molar-refractivity contribution is 5.80. The molecule has 2 aromatic carbocycles. The summed E-state index contributed by atoms with van der Waals surface area (Å²) in [6.07, 6.45) is 1.73. The van der Waals surface area contributed by atoms with Crippen molar-refractivity contribution in [2.24, 2.45) is 0 Å². The zero-order valence-corrected chi connectivity index (χ0v) is 15.3. The van der Waals surface area contributed by atoms with Gasteiger partial charge < -0.3 is 4.74 Å². The lowest BCUT2D eigenvalue weighted by Crippen LogP contribution is -2.17. The quantitative estimate of drug-likeness (QED) is 0.580. The highest BCUT2D eigenvalue weighted by Gasteiger charge is 2.13. The molecule has 0 unspecified atom stereocenters. The van der Waals surface area contributed by atoms with E-state index >= 15 is 0 Å². The lowest BCUT2D eigenvalue weighted by molar-refractivity contribution is 0.341. The molecule has 0 amide bonds. The summed E-state index contributed by atoms with van der Waals surface area (Å²) >= 11 is 0. The van der Waals surface area contributed by atoms with Gasteiger partial charge in [0.2, 0.25) is 0 Å². The number of nitrogens with zero attached hydrogens (tertiary/aromatic N) is 3. The Hall–Kier alpha value is -3.85. The van der Waals surface area contributed by atoms with Crippen molar-refractivity contribution in [1.29, 1.82) is 5.26 Å². The molecule has 0 aliphatic rings. The SMILES string of the molecule is CCOc1ccccc1-c1cnc2[nH]c(=O)n(Cc3ccccc3C#N)c2c1. The van der Waals surface area contributed by atoms with Gasteiger partial charge in [0.1, 0.15) is 5.75 Å². The number of fused-ring (bicyclic) bond motifs is 1. The Morgan fingerprint density at radius 2 is 1.96 bits per heavy atom. The molecule has 2 aromatic heterocycles. The summed E-state index contributed by atoms with van der Waals surface area (Å²) in [5.41, 5.74) is 4.04. The van der Waals surface area contributed by atoms with Gasteiger partial charge in [0, 0.05) is 17.3 Å². The molecule has 0 aliphatic heterocycles. The van der Waals surface area contributed by atoms with Crippen LogP contribution in [0.3, 0.4) is 0 Å². The van der Waals surface area contributed by atoms with Crippen LogP contribution in [-0.4, -0.2) is 21.1 Å².